The van der Waals surface area contributed by atoms with E-state index in [-0.39, 0.29) is 0 Å². The van der Waals surface area contributed by atoms with Crippen LogP contribution in [0, 0.1) is 17.2 Å². The van der Waals surface area contributed by atoms with Crippen molar-refractivity contribution in [2.75, 3.05) is 4.90 Å². The summed E-state index contributed by atoms with van der Waals surface area (Å²) in [5, 5.41) is 12.6. The third-order valence-electron chi connectivity index (χ3n) is 9.82. The van der Waals surface area contributed by atoms with Crippen molar-refractivity contribution in [2.45, 2.75) is 62.9 Å². The van der Waals surface area contributed by atoms with Gasteiger partial charge in [-0.25, -0.2) is 0 Å². The summed E-state index contributed by atoms with van der Waals surface area (Å²) in [4.78, 5) is 7.38. The maximum absolute atomic E-state index is 9.34. The molecule has 0 spiro atoms. The summed E-state index contributed by atoms with van der Waals surface area (Å²) in [6, 6.07) is 27.2. The fourth-order valence-electron chi connectivity index (χ4n) is 7.99. The molecule has 3 aliphatic carbocycles. The number of hydrogen-bond acceptors (Lipinski definition) is 3. The SMILES string of the molecule is CC1CCCC2C1[SiH](c1ccccc1)C1=C(CCC=C1)N2c1ccccc1C1C=CC(c2cc(C#N)ccn2)=CC1. The maximum atomic E-state index is 9.34. The highest BCUT2D eigenvalue weighted by atomic mass is 28.3. The molecule has 3 nitrogen and oxygen atoms in total. The minimum atomic E-state index is -1.39. The molecule has 4 heteroatoms. The summed E-state index contributed by atoms with van der Waals surface area (Å²) in [6.45, 7) is 2.54. The van der Waals surface area contributed by atoms with Crippen molar-refractivity contribution in [1.29, 1.82) is 5.26 Å². The van der Waals surface area contributed by atoms with Gasteiger partial charge in [-0.2, -0.15) is 5.26 Å². The lowest BCUT2D eigenvalue weighted by Gasteiger charge is -2.53. The Morgan fingerprint density at radius 2 is 1.85 bits per heavy atom. The Kier molecular flexibility index (Phi) is 7.06. The second-order valence-electron chi connectivity index (χ2n) is 12.1. The zero-order chi connectivity index (χ0) is 27.8. The van der Waals surface area contributed by atoms with Gasteiger partial charge in [0.05, 0.1) is 17.3 Å². The monoisotopic (exact) mass is 551 g/mol. The van der Waals surface area contributed by atoms with Crippen molar-refractivity contribution in [2.24, 2.45) is 5.92 Å². The molecular weight excluding hydrogens is 515 g/mol. The Hall–Kier alpha value is -3.94. The van der Waals surface area contributed by atoms with Crippen molar-refractivity contribution >= 4 is 25.2 Å². The number of rotatable bonds is 4. The number of nitrogens with zero attached hydrogens (tertiary/aromatic N) is 3. The summed E-state index contributed by atoms with van der Waals surface area (Å²) >= 11 is 0. The Morgan fingerprint density at radius 1 is 1.00 bits per heavy atom. The van der Waals surface area contributed by atoms with Crippen LogP contribution in [0.1, 0.15) is 68.2 Å². The minimum Gasteiger partial charge on any atom is -0.342 e. The van der Waals surface area contributed by atoms with E-state index in [1.807, 2.05) is 6.07 Å². The van der Waals surface area contributed by atoms with Crippen molar-refractivity contribution in [1.82, 2.24) is 4.98 Å². The summed E-state index contributed by atoms with van der Waals surface area (Å²) in [5.74, 6) is 1.06. The van der Waals surface area contributed by atoms with E-state index in [1.165, 1.54) is 30.5 Å². The molecule has 1 aliphatic heterocycles. The maximum Gasteiger partial charge on any atom is 0.110 e. The summed E-state index contributed by atoms with van der Waals surface area (Å²) in [5.41, 5.74) is 7.81. The van der Waals surface area contributed by atoms with Crippen molar-refractivity contribution in [3.05, 3.63) is 131 Å². The molecular formula is C37H37N3Si. The van der Waals surface area contributed by atoms with Crippen LogP contribution in [0.4, 0.5) is 5.69 Å². The number of allylic oxidation sites excluding steroid dienone is 8. The van der Waals surface area contributed by atoms with E-state index in [4.69, 9.17) is 0 Å². The molecule has 0 amide bonds. The van der Waals surface area contributed by atoms with Crippen LogP contribution in [0.5, 0.6) is 0 Å². The first-order valence-electron chi connectivity index (χ1n) is 15.3. The van der Waals surface area contributed by atoms with Gasteiger partial charge < -0.3 is 4.90 Å². The summed E-state index contributed by atoms with van der Waals surface area (Å²) < 4.78 is 0. The van der Waals surface area contributed by atoms with Crippen molar-refractivity contribution < 1.29 is 0 Å². The predicted molar refractivity (Wildman–Crippen MR) is 172 cm³/mol. The Balaban J connectivity index is 1.29. The molecule has 2 heterocycles. The number of pyridine rings is 1. The second-order valence-corrected chi connectivity index (χ2v) is 15.1. The van der Waals surface area contributed by atoms with Crippen LogP contribution in [0.25, 0.3) is 5.57 Å². The van der Waals surface area contributed by atoms with Crippen LogP contribution >= 0.6 is 0 Å². The number of aromatic nitrogens is 1. The molecule has 0 saturated heterocycles. The second kappa shape index (κ2) is 11.1. The third kappa shape index (κ3) is 4.73. The number of para-hydroxylation sites is 1. The highest BCUT2D eigenvalue weighted by Gasteiger charge is 2.48. The van der Waals surface area contributed by atoms with Crippen LogP contribution in [0.15, 0.2) is 114 Å². The molecule has 5 atom stereocenters. The first-order valence-corrected chi connectivity index (χ1v) is 17.1. The molecule has 3 aromatic rings. The lowest BCUT2D eigenvalue weighted by Crippen LogP contribution is -2.57. The molecule has 5 unspecified atom stereocenters. The van der Waals surface area contributed by atoms with Crippen molar-refractivity contribution in [3.8, 4) is 6.07 Å². The number of anilines is 1. The van der Waals surface area contributed by atoms with E-state index in [1.54, 1.807) is 28.3 Å². The van der Waals surface area contributed by atoms with Crippen LogP contribution in [-0.4, -0.2) is 19.8 Å². The van der Waals surface area contributed by atoms with Gasteiger partial charge in [0.25, 0.3) is 0 Å². The van der Waals surface area contributed by atoms with Gasteiger partial charge in [0.1, 0.15) is 8.80 Å². The average Bonchev–Trinajstić information content (AvgIpc) is 3.04. The van der Waals surface area contributed by atoms with Gasteiger partial charge in [0, 0.05) is 29.5 Å². The van der Waals surface area contributed by atoms with E-state index in [0.29, 0.717) is 17.5 Å². The standard InChI is InChI=1S/C37H37N3Si/c1-26-10-9-16-35-37(26)41(30-11-3-2-4-12-30)36-17-8-7-15-34(36)40(35)33-14-6-5-13-31(33)28-18-20-29(21-19-28)32-24-27(25-38)22-23-39-32/h2-6,8,11-14,17-18,20-24,26,28,35,37,41H,7,9-10,15-16,19H2,1H3. The molecule has 1 saturated carbocycles. The molecule has 0 bridgehead atoms. The van der Waals surface area contributed by atoms with Crippen molar-refractivity contribution in [3.63, 3.8) is 0 Å². The summed E-state index contributed by atoms with van der Waals surface area (Å²) in [6.07, 6.45) is 20.7. The molecule has 204 valence electrons. The minimum absolute atomic E-state index is 0.320. The fourth-order valence-corrected chi connectivity index (χ4v) is 12.5. The molecule has 1 fully saturated rings. The zero-order valence-electron chi connectivity index (χ0n) is 23.8. The number of fused-ring (bicyclic) bond motifs is 1. The first-order chi connectivity index (χ1) is 20.2. The van der Waals surface area contributed by atoms with Crippen LogP contribution in [-0.2, 0) is 0 Å². The van der Waals surface area contributed by atoms with Gasteiger partial charge in [-0.05, 0) is 71.7 Å². The third-order valence-corrected chi connectivity index (χ3v) is 14.0. The quantitative estimate of drug-likeness (QED) is 0.312. The Labute approximate surface area is 245 Å². The molecule has 7 rings (SSSR count). The smallest absolute Gasteiger partial charge is 0.110 e. The topological polar surface area (TPSA) is 39.9 Å². The highest BCUT2D eigenvalue weighted by Crippen LogP contribution is 2.51. The molecule has 2 aromatic carbocycles. The predicted octanol–water partition coefficient (Wildman–Crippen LogP) is 7.74. The molecule has 0 radical (unpaired) electrons. The average molecular weight is 552 g/mol. The van der Waals surface area contributed by atoms with Crippen LogP contribution in [0.2, 0.25) is 5.54 Å². The Morgan fingerprint density at radius 3 is 2.68 bits per heavy atom. The van der Waals surface area contributed by atoms with E-state index < -0.39 is 8.80 Å². The van der Waals surface area contributed by atoms with E-state index in [0.717, 1.165) is 42.0 Å². The molecule has 4 aliphatic rings. The zero-order valence-corrected chi connectivity index (χ0v) is 24.9. The Bertz CT molecular complexity index is 1610. The number of benzene rings is 2. The first kappa shape index (κ1) is 26.0. The molecule has 1 aromatic heterocycles. The molecule has 0 N–H and O–H groups in total. The van der Waals surface area contributed by atoms with Gasteiger partial charge in [-0.15, -0.1) is 0 Å². The van der Waals surface area contributed by atoms with Crippen LogP contribution < -0.4 is 10.1 Å². The molecule has 41 heavy (non-hydrogen) atoms. The lowest BCUT2D eigenvalue weighted by atomic mass is 9.82. The largest absolute Gasteiger partial charge is 0.342 e. The number of hydrogen-bond donors (Lipinski definition) is 0. The van der Waals surface area contributed by atoms with Gasteiger partial charge in [0.2, 0.25) is 0 Å². The summed E-state index contributed by atoms with van der Waals surface area (Å²) in [7, 11) is -1.39. The van der Waals surface area contributed by atoms with Gasteiger partial charge in [-0.1, -0.05) is 104 Å². The van der Waals surface area contributed by atoms with E-state index in [2.05, 4.69) is 108 Å². The number of nitriles is 1. The van der Waals surface area contributed by atoms with Gasteiger partial charge >= 0.3 is 0 Å². The highest BCUT2D eigenvalue weighted by molar-refractivity contribution is 6.82. The fraction of sp³-hybridized carbons (Fsp3) is 0.297. The van der Waals surface area contributed by atoms with E-state index >= 15 is 0 Å². The van der Waals surface area contributed by atoms with E-state index in [9.17, 15) is 5.26 Å². The lowest BCUT2D eigenvalue weighted by molar-refractivity contribution is 0.328. The van der Waals surface area contributed by atoms with Crippen LogP contribution in [0.3, 0.4) is 0 Å². The van der Waals surface area contributed by atoms with Gasteiger partial charge in [0.15, 0.2) is 0 Å². The van der Waals surface area contributed by atoms with Gasteiger partial charge in [-0.3, -0.25) is 4.98 Å². The normalized spacial score (nSPS) is 27.1.